The Hall–Kier alpha value is -1.03. The molecule has 1 aromatic heterocycles. The summed E-state index contributed by atoms with van der Waals surface area (Å²) in [6, 6.07) is 1.89. The highest BCUT2D eigenvalue weighted by molar-refractivity contribution is 6.17. The van der Waals surface area contributed by atoms with E-state index in [-0.39, 0.29) is 0 Å². The maximum atomic E-state index is 5.76. The van der Waals surface area contributed by atoms with Crippen LogP contribution in [0.1, 0.15) is 19.8 Å². The molecular formula is C12H21ClN4. The number of hydrogen-bond acceptors (Lipinski definition) is 4. The fourth-order valence-corrected chi connectivity index (χ4v) is 1.82. The van der Waals surface area contributed by atoms with Crippen LogP contribution in [0.5, 0.6) is 0 Å². The summed E-state index contributed by atoms with van der Waals surface area (Å²) in [5, 5.41) is 3.34. The summed E-state index contributed by atoms with van der Waals surface area (Å²) < 4.78 is 0. The first kappa shape index (κ1) is 14.0. The summed E-state index contributed by atoms with van der Waals surface area (Å²) in [5.74, 6) is 2.91. The molecule has 96 valence electrons. The van der Waals surface area contributed by atoms with E-state index < -0.39 is 0 Å². The van der Waals surface area contributed by atoms with E-state index in [1.165, 1.54) is 0 Å². The molecule has 1 rings (SSSR count). The van der Waals surface area contributed by atoms with Gasteiger partial charge >= 0.3 is 0 Å². The summed E-state index contributed by atoms with van der Waals surface area (Å²) >= 11 is 5.76. The number of halogens is 1. The van der Waals surface area contributed by atoms with Crippen LogP contribution in [-0.4, -0.2) is 36.5 Å². The van der Waals surface area contributed by atoms with Gasteiger partial charge in [0.2, 0.25) is 5.95 Å². The van der Waals surface area contributed by atoms with Crippen LogP contribution >= 0.6 is 11.6 Å². The average molecular weight is 257 g/mol. The predicted octanol–water partition coefficient (Wildman–Crippen LogP) is 2.61. The molecule has 0 aromatic carbocycles. The Morgan fingerprint density at radius 3 is 2.82 bits per heavy atom. The lowest BCUT2D eigenvalue weighted by atomic mass is 10.0. The van der Waals surface area contributed by atoms with E-state index in [0.717, 1.165) is 31.2 Å². The lowest BCUT2D eigenvalue weighted by Crippen LogP contribution is -2.17. The van der Waals surface area contributed by atoms with Crippen molar-refractivity contribution in [1.82, 2.24) is 9.97 Å². The third-order valence-electron chi connectivity index (χ3n) is 2.71. The van der Waals surface area contributed by atoms with Gasteiger partial charge in [-0.1, -0.05) is 13.3 Å². The van der Waals surface area contributed by atoms with Crippen LogP contribution in [-0.2, 0) is 0 Å². The zero-order valence-electron chi connectivity index (χ0n) is 10.8. The normalized spacial score (nSPS) is 12.2. The van der Waals surface area contributed by atoms with Gasteiger partial charge in [0.15, 0.2) is 0 Å². The number of hydrogen-bond donors (Lipinski definition) is 1. The molecule has 1 atom stereocenters. The summed E-state index contributed by atoms with van der Waals surface area (Å²) in [6.45, 7) is 3.09. The number of alkyl halides is 1. The maximum absolute atomic E-state index is 5.76. The highest BCUT2D eigenvalue weighted by atomic mass is 35.5. The third-order valence-corrected chi connectivity index (χ3v) is 2.93. The molecule has 0 amide bonds. The van der Waals surface area contributed by atoms with E-state index in [4.69, 9.17) is 11.6 Å². The second-order valence-electron chi connectivity index (χ2n) is 4.27. The molecule has 1 N–H and O–H groups in total. The highest BCUT2D eigenvalue weighted by Crippen LogP contribution is 2.12. The van der Waals surface area contributed by atoms with Crippen LogP contribution in [0.15, 0.2) is 12.3 Å². The number of rotatable bonds is 7. The molecule has 0 bridgehead atoms. The minimum atomic E-state index is 0.602. The molecule has 0 saturated carbocycles. The summed E-state index contributed by atoms with van der Waals surface area (Å²) in [6.07, 6.45) is 3.94. The molecule has 0 fully saturated rings. The molecular weight excluding hydrogens is 236 g/mol. The molecule has 17 heavy (non-hydrogen) atoms. The Balaban J connectivity index is 2.53. The van der Waals surface area contributed by atoms with Crippen LogP contribution in [0.3, 0.4) is 0 Å². The van der Waals surface area contributed by atoms with E-state index in [0.29, 0.717) is 11.8 Å². The van der Waals surface area contributed by atoms with Gasteiger partial charge < -0.3 is 10.2 Å². The fourth-order valence-electron chi connectivity index (χ4n) is 1.52. The van der Waals surface area contributed by atoms with E-state index in [1.807, 2.05) is 25.1 Å². The molecule has 0 aliphatic rings. The number of anilines is 2. The highest BCUT2D eigenvalue weighted by Gasteiger charge is 2.06. The first-order chi connectivity index (χ1) is 8.17. The van der Waals surface area contributed by atoms with Gasteiger partial charge in [-0.05, 0) is 18.4 Å². The molecule has 1 unspecified atom stereocenters. The minimum absolute atomic E-state index is 0.602. The minimum Gasteiger partial charge on any atom is -0.370 e. The summed E-state index contributed by atoms with van der Waals surface area (Å²) in [5.41, 5.74) is 0. The maximum Gasteiger partial charge on any atom is 0.226 e. The van der Waals surface area contributed by atoms with Crippen molar-refractivity contribution in [3.05, 3.63) is 12.3 Å². The Bertz CT molecular complexity index is 330. The van der Waals surface area contributed by atoms with Crippen molar-refractivity contribution in [2.45, 2.75) is 19.8 Å². The average Bonchev–Trinajstić information content (AvgIpc) is 2.34. The summed E-state index contributed by atoms with van der Waals surface area (Å²) in [7, 11) is 3.86. The standard InChI is InChI=1S/C12H21ClN4/c1-4-10(5-7-13)9-15-11-6-8-14-12(16-11)17(2)3/h6,8,10H,4-5,7,9H2,1-3H3,(H,14,15,16). The Kier molecular flexibility index (Phi) is 6.05. The second kappa shape index (κ2) is 7.33. The molecule has 0 saturated heterocycles. The van der Waals surface area contributed by atoms with Gasteiger partial charge in [0.25, 0.3) is 0 Å². The van der Waals surface area contributed by atoms with Gasteiger partial charge in [0, 0.05) is 32.7 Å². The van der Waals surface area contributed by atoms with E-state index in [2.05, 4.69) is 22.2 Å². The lowest BCUT2D eigenvalue weighted by Gasteiger charge is -2.16. The van der Waals surface area contributed by atoms with Crippen LogP contribution in [0.4, 0.5) is 11.8 Å². The van der Waals surface area contributed by atoms with Crippen LogP contribution in [0.25, 0.3) is 0 Å². The Morgan fingerprint density at radius 2 is 2.24 bits per heavy atom. The van der Waals surface area contributed by atoms with Gasteiger partial charge in [-0.25, -0.2) is 4.98 Å². The molecule has 0 aliphatic heterocycles. The smallest absolute Gasteiger partial charge is 0.226 e. The lowest BCUT2D eigenvalue weighted by molar-refractivity contribution is 0.521. The number of nitrogens with one attached hydrogen (secondary N) is 1. The van der Waals surface area contributed by atoms with Crippen molar-refractivity contribution >= 4 is 23.4 Å². The van der Waals surface area contributed by atoms with Gasteiger partial charge in [-0.15, -0.1) is 11.6 Å². The predicted molar refractivity (Wildman–Crippen MR) is 74.0 cm³/mol. The van der Waals surface area contributed by atoms with Crippen LogP contribution in [0, 0.1) is 5.92 Å². The van der Waals surface area contributed by atoms with Gasteiger partial charge in [0.1, 0.15) is 5.82 Å². The zero-order valence-corrected chi connectivity index (χ0v) is 11.5. The third kappa shape index (κ3) is 4.77. The fraction of sp³-hybridized carbons (Fsp3) is 0.667. The summed E-state index contributed by atoms with van der Waals surface area (Å²) in [4.78, 5) is 10.5. The number of nitrogens with zero attached hydrogens (tertiary/aromatic N) is 3. The topological polar surface area (TPSA) is 41.1 Å². The van der Waals surface area contributed by atoms with Gasteiger partial charge in [-0.3, -0.25) is 0 Å². The van der Waals surface area contributed by atoms with Crippen molar-refractivity contribution in [3.8, 4) is 0 Å². The SMILES string of the molecule is CCC(CCCl)CNc1ccnc(N(C)C)n1. The van der Waals surface area contributed by atoms with E-state index >= 15 is 0 Å². The molecule has 1 aromatic rings. The first-order valence-electron chi connectivity index (χ1n) is 5.97. The molecule has 5 heteroatoms. The molecule has 0 spiro atoms. The first-order valence-corrected chi connectivity index (χ1v) is 6.51. The largest absolute Gasteiger partial charge is 0.370 e. The molecule has 4 nitrogen and oxygen atoms in total. The van der Waals surface area contributed by atoms with Crippen molar-refractivity contribution in [2.24, 2.45) is 5.92 Å². The second-order valence-corrected chi connectivity index (χ2v) is 4.65. The van der Waals surface area contributed by atoms with E-state index in [9.17, 15) is 0 Å². The number of aromatic nitrogens is 2. The molecule has 0 radical (unpaired) electrons. The van der Waals surface area contributed by atoms with Crippen molar-refractivity contribution in [2.75, 3.05) is 36.7 Å². The van der Waals surface area contributed by atoms with Gasteiger partial charge in [0.05, 0.1) is 0 Å². The van der Waals surface area contributed by atoms with Gasteiger partial charge in [-0.2, -0.15) is 4.98 Å². The molecule has 1 heterocycles. The van der Waals surface area contributed by atoms with Crippen molar-refractivity contribution in [1.29, 1.82) is 0 Å². The van der Waals surface area contributed by atoms with Crippen molar-refractivity contribution in [3.63, 3.8) is 0 Å². The Morgan fingerprint density at radius 1 is 1.47 bits per heavy atom. The zero-order chi connectivity index (χ0) is 12.7. The monoisotopic (exact) mass is 256 g/mol. The Labute approximate surface area is 108 Å². The van der Waals surface area contributed by atoms with E-state index in [1.54, 1.807) is 6.20 Å². The van der Waals surface area contributed by atoms with Crippen molar-refractivity contribution < 1.29 is 0 Å². The van der Waals surface area contributed by atoms with Crippen LogP contribution in [0.2, 0.25) is 0 Å². The quantitative estimate of drug-likeness (QED) is 0.762. The van der Waals surface area contributed by atoms with Crippen LogP contribution < -0.4 is 10.2 Å². The molecule has 0 aliphatic carbocycles.